The van der Waals surface area contributed by atoms with E-state index in [1.54, 1.807) is 7.05 Å². The van der Waals surface area contributed by atoms with Gasteiger partial charge in [-0.2, -0.15) is 0 Å². The summed E-state index contributed by atoms with van der Waals surface area (Å²) in [6.07, 6.45) is 2.07. The second kappa shape index (κ2) is 6.38. The van der Waals surface area contributed by atoms with Crippen LogP contribution in [0.4, 0.5) is 5.82 Å². The van der Waals surface area contributed by atoms with Crippen LogP contribution < -0.4 is 10.6 Å². The first-order chi connectivity index (χ1) is 8.58. The SMILES string of the molecule is COC(=O)CCNC(=O)c1nc(NC=O)cn1C. The van der Waals surface area contributed by atoms with E-state index in [1.807, 2.05) is 0 Å². The van der Waals surface area contributed by atoms with Crippen molar-refractivity contribution in [1.29, 1.82) is 0 Å². The third-order valence-corrected chi connectivity index (χ3v) is 2.13. The van der Waals surface area contributed by atoms with Crippen molar-refractivity contribution in [2.75, 3.05) is 19.0 Å². The second-order valence-corrected chi connectivity index (χ2v) is 3.40. The molecule has 0 radical (unpaired) electrons. The number of carbonyl (C=O) groups is 3. The van der Waals surface area contributed by atoms with E-state index < -0.39 is 11.9 Å². The monoisotopic (exact) mass is 254 g/mol. The first kappa shape index (κ1) is 13.7. The van der Waals surface area contributed by atoms with E-state index in [9.17, 15) is 14.4 Å². The highest BCUT2D eigenvalue weighted by atomic mass is 16.5. The summed E-state index contributed by atoms with van der Waals surface area (Å²) in [7, 11) is 2.90. The maximum absolute atomic E-state index is 11.7. The molecule has 1 aromatic rings. The number of nitrogens with one attached hydrogen (secondary N) is 2. The van der Waals surface area contributed by atoms with Gasteiger partial charge in [0.1, 0.15) is 0 Å². The van der Waals surface area contributed by atoms with Gasteiger partial charge in [0.25, 0.3) is 5.91 Å². The van der Waals surface area contributed by atoms with Gasteiger partial charge in [-0.3, -0.25) is 14.4 Å². The molecule has 0 saturated carbocycles. The number of aromatic nitrogens is 2. The van der Waals surface area contributed by atoms with Crippen LogP contribution in [0.1, 0.15) is 17.0 Å². The average molecular weight is 254 g/mol. The zero-order valence-corrected chi connectivity index (χ0v) is 10.1. The molecule has 0 spiro atoms. The maximum atomic E-state index is 11.7. The molecule has 2 amide bonds. The summed E-state index contributed by atoms with van der Waals surface area (Å²) in [6.45, 7) is 0.162. The number of anilines is 1. The smallest absolute Gasteiger partial charge is 0.307 e. The lowest BCUT2D eigenvalue weighted by Crippen LogP contribution is -2.28. The van der Waals surface area contributed by atoms with Gasteiger partial charge >= 0.3 is 5.97 Å². The molecule has 0 unspecified atom stereocenters. The minimum atomic E-state index is -0.430. The molecule has 0 atom stereocenters. The molecule has 0 aliphatic heterocycles. The Labute approximate surface area is 103 Å². The Morgan fingerprint density at radius 2 is 2.28 bits per heavy atom. The molecule has 0 bridgehead atoms. The van der Waals surface area contributed by atoms with E-state index in [0.717, 1.165) is 0 Å². The van der Waals surface area contributed by atoms with Crippen LogP contribution in [0.25, 0.3) is 0 Å². The molecule has 1 heterocycles. The first-order valence-corrected chi connectivity index (χ1v) is 5.17. The van der Waals surface area contributed by atoms with Gasteiger partial charge in [-0.15, -0.1) is 0 Å². The Kier molecular flexibility index (Phi) is 4.85. The number of esters is 1. The van der Waals surface area contributed by atoms with Crippen LogP contribution in [0.5, 0.6) is 0 Å². The molecule has 8 heteroatoms. The molecule has 8 nitrogen and oxygen atoms in total. The molecule has 0 aliphatic rings. The minimum Gasteiger partial charge on any atom is -0.469 e. The lowest BCUT2D eigenvalue weighted by molar-refractivity contribution is -0.140. The molecule has 0 aromatic carbocycles. The summed E-state index contributed by atoms with van der Waals surface area (Å²) in [4.78, 5) is 36.7. The van der Waals surface area contributed by atoms with Crippen molar-refractivity contribution in [1.82, 2.24) is 14.9 Å². The fourth-order valence-corrected chi connectivity index (χ4v) is 1.27. The highest BCUT2D eigenvalue weighted by Crippen LogP contribution is 2.05. The number of carbonyl (C=O) groups excluding carboxylic acids is 3. The first-order valence-electron chi connectivity index (χ1n) is 5.17. The minimum absolute atomic E-state index is 0.0894. The van der Waals surface area contributed by atoms with Crippen molar-refractivity contribution in [3.63, 3.8) is 0 Å². The summed E-state index contributed by atoms with van der Waals surface area (Å²) in [5.41, 5.74) is 0. The lowest BCUT2D eigenvalue weighted by Gasteiger charge is -2.03. The molecule has 0 fully saturated rings. The quantitative estimate of drug-likeness (QED) is 0.515. The topological polar surface area (TPSA) is 102 Å². The molecule has 1 aromatic heterocycles. The predicted molar refractivity (Wildman–Crippen MR) is 61.9 cm³/mol. The van der Waals surface area contributed by atoms with Crippen molar-refractivity contribution in [2.45, 2.75) is 6.42 Å². The van der Waals surface area contributed by atoms with Crippen LogP contribution in [-0.4, -0.2) is 41.5 Å². The largest absolute Gasteiger partial charge is 0.469 e. The van der Waals surface area contributed by atoms with Gasteiger partial charge in [0, 0.05) is 19.8 Å². The van der Waals surface area contributed by atoms with Crippen LogP contribution in [-0.2, 0) is 21.4 Å². The van der Waals surface area contributed by atoms with Gasteiger partial charge in [-0.1, -0.05) is 0 Å². The Bertz CT molecular complexity index is 455. The number of hydrogen-bond acceptors (Lipinski definition) is 5. The van der Waals surface area contributed by atoms with E-state index in [-0.39, 0.29) is 24.6 Å². The number of hydrogen-bond donors (Lipinski definition) is 2. The molecular formula is C10H14N4O4. The van der Waals surface area contributed by atoms with Gasteiger partial charge in [0.05, 0.1) is 13.5 Å². The van der Waals surface area contributed by atoms with E-state index in [0.29, 0.717) is 6.41 Å². The third kappa shape index (κ3) is 3.58. The molecule has 1 rings (SSSR count). The molecule has 0 aliphatic carbocycles. The molecule has 18 heavy (non-hydrogen) atoms. The number of imidazole rings is 1. The fraction of sp³-hybridized carbons (Fsp3) is 0.400. The van der Waals surface area contributed by atoms with Gasteiger partial charge in [0.2, 0.25) is 12.2 Å². The van der Waals surface area contributed by atoms with E-state index in [2.05, 4.69) is 20.4 Å². The van der Waals surface area contributed by atoms with Crippen LogP contribution in [0.2, 0.25) is 0 Å². The number of amides is 2. The van der Waals surface area contributed by atoms with Crippen molar-refractivity contribution in [3.05, 3.63) is 12.0 Å². The van der Waals surface area contributed by atoms with Crippen LogP contribution in [0.15, 0.2) is 6.20 Å². The van der Waals surface area contributed by atoms with Crippen molar-refractivity contribution in [3.8, 4) is 0 Å². The van der Waals surface area contributed by atoms with Crippen LogP contribution in [0.3, 0.4) is 0 Å². The summed E-state index contributed by atoms with van der Waals surface area (Å²) >= 11 is 0. The second-order valence-electron chi connectivity index (χ2n) is 3.40. The highest BCUT2D eigenvalue weighted by molar-refractivity contribution is 5.91. The third-order valence-electron chi connectivity index (χ3n) is 2.13. The highest BCUT2D eigenvalue weighted by Gasteiger charge is 2.13. The predicted octanol–water partition coefficient (Wildman–Crippen LogP) is -0.719. The summed E-state index contributed by atoms with van der Waals surface area (Å²) in [6, 6.07) is 0. The maximum Gasteiger partial charge on any atom is 0.307 e. The number of nitrogens with zero attached hydrogens (tertiary/aromatic N) is 2. The summed E-state index contributed by atoms with van der Waals surface area (Å²) < 4.78 is 5.91. The van der Waals surface area contributed by atoms with Gasteiger partial charge in [-0.05, 0) is 0 Å². The van der Waals surface area contributed by atoms with E-state index >= 15 is 0 Å². The Balaban J connectivity index is 2.55. The number of rotatable bonds is 6. The zero-order chi connectivity index (χ0) is 13.5. The van der Waals surface area contributed by atoms with Crippen molar-refractivity contribution >= 4 is 24.1 Å². The van der Waals surface area contributed by atoms with E-state index in [1.165, 1.54) is 17.9 Å². The fourth-order valence-electron chi connectivity index (χ4n) is 1.27. The average Bonchev–Trinajstić information content (AvgIpc) is 2.70. The van der Waals surface area contributed by atoms with Crippen LogP contribution in [0, 0.1) is 0 Å². The normalized spacial score (nSPS) is 9.67. The molecule has 2 N–H and O–H groups in total. The summed E-state index contributed by atoms with van der Waals surface area (Å²) in [5, 5.41) is 4.86. The number of ether oxygens (including phenoxy) is 1. The zero-order valence-electron chi connectivity index (χ0n) is 10.1. The van der Waals surface area contributed by atoms with Gasteiger partial charge < -0.3 is 19.9 Å². The van der Waals surface area contributed by atoms with Crippen molar-refractivity contribution < 1.29 is 19.1 Å². The number of methoxy groups -OCH3 is 1. The molecule has 98 valence electrons. The van der Waals surface area contributed by atoms with Gasteiger partial charge in [0.15, 0.2) is 5.82 Å². The lowest BCUT2D eigenvalue weighted by atomic mass is 10.4. The Morgan fingerprint density at radius 3 is 2.89 bits per heavy atom. The summed E-state index contributed by atoms with van der Waals surface area (Å²) in [5.74, 6) is -0.409. The number of aryl methyl sites for hydroxylation is 1. The Morgan fingerprint density at radius 1 is 1.56 bits per heavy atom. The van der Waals surface area contributed by atoms with Gasteiger partial charge in [-0.25, -0.2) is 4.98 Å². The standard InChI is InChI=1S/C10H14N4O4/c1-14-5-7(12-6-15)13-9(14)10(17)11-4-3-8(16)18-2/h5-6H,3-4H2,1-2H3,(H,11,17)(H,12,15). The Hall–Kier alpha value is -2.38. The molecule has 0 saturated heterocycles. The van der Waals surface area contributed by atoms with E-state index in [4.69, 9.17) is 0 Å². The van der Waals surface area contributed by atoms with Crippen molar-refractivity contribution in [2.24, 2.45) is 7.05 Å². The molecular weight excluding hydrogens is 240 g/mol. The van der Waals surface area contributed by atoms with Crippen LogP contribution >= 0.6 is 0 Å².